The number of benzene rings is 2. The van der Waals surface area contributed by atoms with E-state index in [1.54, 1.807) is 30.3 Å². The quantitative estimate of drug-likeness (QED) is 0.370. The van der Waals surface area contributed by atoms with Gasteiger partial charge in [0.25, 0.3) is 11.7 Å². The van der Waals surface area contributed by atoms with Crippen molar-refractivity contribution >= 4 is 17.4 Å². The maximum atomic E-state index is 13.1. The number of rotatable bonds is 8. The van der Waals surface area contributed by atoms with E-state index in [9.17, 15) is 19.8 Å². The Balaban J connectivity index is 2.16. The number of carbonyl (C=O) groups excluding carboxylic acids is 2. The number of ether oxygens (including phenoxy) is 2. The number of nitrogens with zero attached hydrogens (tertiary/aromatic N) is 2. The maximum Gasteiger partial charge on any atom is 0.295 e. The van der Waals surface area contributed by atoms with Crippen molar-refractivity contribution < 1.29 is 29.3 Å². The van der Waals surface area contributed by atoms with Crippen LogP contribution in [-0.4, -0.2) is 73.1 Å². The van der Waals surface area contributed by atoms with Crippen LogP contribution in [0.4, 0.5) is 0 Å². The first-order valence-corrected chi connectivity index (χ1v) is 10.2. The normalized spacial score (nSPS) is 17.8. The van der Waals surface area contributed by atoms with E-state index in [4.69, 9.17) is 9.47 Å². The Morgan fingerprint density at radius 3 is 2.34 bits per heavy atom. The van der Waals surface area contributed by atoms with Gasteiger partial charge in [-0.25, -0.2) is 0 Å². The molecule has 2 aromatic carbocycles. The Kier molecular flexibility index (Phi) is 7.05. The van der Waals surface area contributed by atoms with Crippen LogP contribution in [0.3, 0.4) is 0 Å². The average molecular weight is 440 g/mol. The molecule has 1 heterocycles. The third-order valence-electron chi connectivity index (χ3n) is 5.41. The molecule has 1 unspecified atom stereocenters. The first kappa shape index (κ1) is 23.1. The molecule has 1 aliphatic rings. The second-order valence-corrected chi connectivity index (χ2v) is 7.81. The third kappa shape index (κ3) is 4.55. The molecular weight excluding hydrogens is 412 g/mol. The van der Waals surface area contributed by atoms with Crippen molar-refractivity contribution in [3.63, 3.8) is 0 Å². The molecule has 8 heteroatoms. The summed E-state index contributed by atoms with van der Waals surface area (Å²) in [5, 5.41) is 21.0. The molecule has 1 atom stereocenters. The molecule has 3 rings (SSSR count). The summed E-state index contributed by atoms with van der Waals surface area (Å²) in [5.74, 6) is -0.916. The third-order valence-corrected chi connectivity index (χ3v) is 5.41. The molecule has 170 valence electrons. The number of hydrogen-bond donors (Lipinski definition) is 2. The summed E-state index contributed by atoms with van der Waals surface area (Å²) in [4.78, 5) is 29.5. The molecular formula is C24H28N2O6. The minimum atomic E-state index is -0.798. The fourth-order valence-electron chi connectivity index (χ4n) is 3.82. The van der Waals surface area contributed by atoms with Crippen molar-refractivity contribution in [2.24, 2.45) is 0 Å². The van der Waals surface area contributed by atoms with E-state index < -0.39 is 17.7 Å². The topological polar surface area (TPSA) is 99.5 Å². The lowest BCUT2D eigenvalue weighted by atomic mass is 9.94. The van der Waals surface area contributed by atoms with Crippen molar-refractivity contribution in [3.05, 3.63) is 59.2 Å². The zero-order chi connectivity index (χ0) is 23.4. The van der Waals surface area contributed by atoms with Gasteiger partial charge in [0.1, 0.15) is 23.0 Å². The molecule has 0 aliphatic carbocycles. The molecule has 1 aliphatic heterocycles. The fraction of sp³-hybridized carbons (Fsp3) is 0.333. The molecule has 0 saturated carbocycles. The first-order valence-electron chi connectivity index (χ1n) is 10.2. The SMILES string of the molecule is COc1ccc(OC)c(/C(O)=C2\C(=O)C(=O)N(CCCN(C)C)C2c2ccc(O)cc2)c1. The van der Waals surface area contributed by atoms with Crippen LogP contribution in [0.15, 0.2) is 48.0 Å². The lowest BCUT2D eigenvalue weighted by molar-refractivity contribution is -0.139. The van der Waals surface area contributed by atoms with Gasteiger partial charge in [0, 0.05) is 6.54 Å². The molecule has 1 fully saturated rings. The van der Waals surface area contributed by atoms with E-state index in [1.165, 1.54) is 31.3 Å². The van der Waals surface area contributed by atoms with E-state index in [0.717, 1.165) is 6.54 Å². The van der Waals surface area contributed by atoms with Crippen LogP contribution in [0, 0.1) is 0 Å². The molecule has 1 amide bonds. The summed E-state index contributed by atoms with van der Waals surface area (Å²) >= 11 is 0. The number of Topliss-reactive ketones (excluding diaryl/α,β-unsaturated/α-hetero) is 1. The number of phenolic OH excluding ortho intramolecular Hbond substituents is 1. The van der Waals surface area contributed by atoms with Crippen LogP contribution >= 0.6 is 0 Å². The highest BCUT2D eigenvalue weighted by molar-refractivity contribution is 6.46. The Morgan fingerprint density at radius 2 is 1.75 bits per heavy atom. The van der Waals surface area contributed by atoms with E-state index in [2.05, 4.69) is 0 Å². The van der Waals surface area contributed by atoms with Crippen molar-refractivity contribution in [1.29, 1.82) is 0 Å². The lowest BCUT2D eigenvalue weighted by Crippen LogP contribution is -2.32. The van der Waals surface area contributed by atoms with Gasteiger partial charge in [-0.2, -0.15) is 0 Å². The molecule has 0 spiro atoms. The molecule has 8 nitrogen and oxygen atoms in total. The number of ketones is 1. The standard InChI is InChI=1S/C24H28N2O6/c1-25(2)12-5-13-26-21(15-6-8-16(27)9-7-15)20(23(29)24(26)30)22(28)18-14-17(31-3)10-11-19(18)32-4/h6-11,14,21,27-28H,5,12-13H2,1-4H3/b22-20+. The number of carbonyl (C=O) groups is 2. The van der Waals surface area contributed by atoms with E-state index in [-0.39, 0.29) is 22.6 Å². The van der Waals surface area contributed by atoms with E-state index >= 15 is 0 Å². The Morgan fingerprint density at radius 1 is 1.06 bits per heavy atom. The van der Waals surface area contributed by atoms with Gasteiger partial charge in [-0.05, 0) is 63.0 Å². The second kappa shape index (κ2) is 9.74. The summed E-state index contributed by atoms with van der Waals surface area (Å²) in [6.45, 7) is 1.06. The van der Waals surface area contributed by atoms with Gasteiger partial charge in [-0.15, -0.1) is 0 Å². The molecule has 0 aromatic heterocycles. The molecule has 0 radical (unpaired) electrons. The Bertz CT molecular complexity index is 1030. The van der Waals surface area contributed by atoms with Crippen LogP contribution in [0.2, 0.25) is 0 Å². The maximum absolute atomic E-state index is 13.1. The van der Waals surface area contributed by atoms with Crippen molar-refractivity contribution in [3.8, 4) is 17.2 Å². The molecule has 2 aromatic rings. The summed E-state index contributed by atoms with van der Waals surface area (Å²) in [6.07, 6.45) is 0.650. The van der Waals surface area contributed by atoms with Gasteiger partial charge in [-0.1, -0.05) is 12.1 Å². The number of methoxy groups -OCH3 is 2. The Labute approximate surface area is 187 Å². The molecule has 32 heavy (non-hydrogen) atoms. The molecule has 2 N–H and O–H groups in total. The van der Waals surface area contributed by atoms with Crippen LogP contribution in [0.5, 0.6) is 17.2 Å². The minimum Gasteiger partial charge on any atom is -0.508 e. The van der Waals surface area contributed by atoms with Crippen LogP contribution in [0.25, 0.3) is 5.76 Å². The monoisotopic (exact) mass is 440 g/mol. The minimum absolute atomic E-state index is 0.0305. The number of aromatic hydroxyl groups is 1. The van der Waals surface area contributed by atoms with Gasteiger partial charge in [0.2, 0.25) is 0 Å². The number of phenols is 1. The summed E-state index contributed by atoms with van der Waals surface area (Å²) in [6, 6.07) is 10.3. The number of hydrogen-bond acceptors (Lipinski definition) is 7. The first-order chi connectivity index (χ1) is 15.3. The number of likely N-dealkylation sites (tertiary alicyclic amines) is 1. The average Bonchev–Trinajstić information content (AvgIpc) is 3.03. The fourth-order valence-corrected chi connectivity index (χ4v) is 3.82. The second-order valence-electron chi connectivity index (χ2n) is 7.81. The van der Waals surface area contributed by atoms with Gasteiger partial charge in [0.05, 0.1) is 31.4 Å². The highest BCUT2D eigenvalue weighted by atomic mass is 16.5. The zero-order valence-electron chi connectivity index (χ0n) is 18.7. The van der Waals surface area contributed by atoms with Crippen LogP contribution in [0.1, 0.15) is 23.6 Å². The highest BCUT2D eigenvalue weighted by Crippen LogP contribution is 2.41. The predicted octanol–water partition coefficient (Wildman–Crippen LogP) is 2.78. The summed E-state index contributed by atoms with van der Waals surface area (Å²) in [7, 11) is 6.81. The van der Waals surface area contributed by atoms with Crippen molar-refractivity contribution in [2.75, 3.05) is 41.4 Å². The smallest absolute Gasteiger partial charge is 0.295 e. The summed E-state index contributed by atoms with van der Waals surface area (Å²) in [5.41, 5.74) is 0.828. The lowest BCUT2D eigenvalue weighted by Gasteiger charge is -2.26. The van der Waals surface area contributed by atoms with Gasteiger partial charge >= 0.3 is 0 Å². The van der Waals surface area contributed by atoms with Crippen molar-refractivity contribution in [2.45, 2.75) is 12.5 Å². The molecule has 0 bridgehead atoms. The van der Waals surface area contributed by atoms with Crippen molar-refractivity contribution in [1.82, 2.24) is 9.80 Å². The van der Waals surface area contributed by atoms with E-state index in [1.807, 2.05) is 19.0 Å². The largest absolute Gasteiger partial charge is 0.508 e. The van der Waals surface area contributed by atoms with E-state index in [0.29, 0.717) is 30.0 Å². The van der Waals surface area contributed by atoms with Crippen LogP contribution in [-0.2, 0) is 9.59 Å². The molecule has 1 saturated heterocycles. The number of aliphatic hydroxyl groups excluding tert-OH is 1. The summed E-state index contributed by atoms with van der Waals surface area (Å²) < 4.78 is 10.6. The Hall–Kier alpha value is -3.52. The predicted molar refractivity (Wildman–Crippen MR) is 120 cm³/mol. The highest BCUT2D eigenvalue weighted by Gasteiger charge is 2.46. The number of aliphatic hydroxyl groups is 1. The zero-order valence-corrected chi connectivity index (χ0v) is 18.7. The number of amides is 1. The van der Waals surface area contributed by atoms with Crippen LogP contribution < -0.4 is 9.47 Å². The van der Waals surface area contributed by atoms with Gasteiger partial charge < -0.3 is 29.5 Å². The van der Waals surface area contributed by atoms with Gasteiger partial charge in [0.15, 0.2) is 0 Å². The van der Waals surface area contributed by atoms with Gasteiger partial charge in [-0.3, -0.25) is 9.59 Å².